The number of aryl methyl sites for hydroxylation is 1. The molecule has 4 rings (SSSR count). The van der Waals surface area contributed by atoms with Crippen LogP contribution in [-0.4, -0.2) is 24.5 Å². The van der Waals surface area contributed by atoms with Crippen molar-refractivity contribution in [3.63, 3.8) is 0 Å². The summed E-state index contributed by atoms with van der Waals surface area (Å²) >= 11 is 0. The number of hydrogen-bond acceptors (Lipinski definition) is 4. The van der Waals surface area contributed by atoms with Crippen molar-refractivity contribution in [2.45, 2.75) is 26.4 Å². The summed E-state index contributed by atoms with van der Waals surface area (Å²) in [6, 6.07) is 6.29. The second-order valence-corrected chi connectivity index (χ2v) is 5.69. The van der Waals surface area contributed by atoms with Crippen molar-refractivity contribution in [1.82, 2.24) is 24.5 Å². The molecule has 0 amide bonds. The Morgan fingerprint density at radius 3 is 2.71 bits per heavy atom. The first-order valence-electron chi connectivity index (χ1n) is 7.84. The predicted molar refractivity (Wildman–Crippen MR) is 88.8 cm³/mol. The third kappa shape index (κ3) is 2.29. The topological polar surface area (TPSA) is 60.6 Å². The van der Waals surface area contributed by atoms with Crippen LogP contribution in [0.15, 0.2) is 42.9 Å². The molecule has 6 nitrogen and oxygen atoms in total. The van der Waals surface area contributed by atoms with Crippen LogP contribution >= 0.6 is 0 Å². The molecule has 24 heavy (non-hydrogen) atoms. The normalized spacial score (nSPS) is 16.5. The van der Waals surface area contributed by atoms with Gasteiger partial charge in [-0.15, -0.1) is 0 Å². The molecule has 1 N–H and O–H groups in total. The molecule has 122 valence electrons. The van der Waals surface area contributed by atoms with Gasteiger partial charge in [0, 0.05) is 23.5 Å². The summed E-state index contributed by atoms with van der Waals surface area (Å²) in [5.74, 6) is 0.403. The Balaban J connectivity index is 1.82. The quantitative estimate of drug-likeness (QED) is 0.804. The van der Waals surface area contributed by atoms with Crippen LogP contribution in [0.3, 0.4) is 0 Å². The fraction of sp³-hybridized carbons (Fsp3) is 0.235. The molecule has 1 aromatic carbocycles. The van der Waals surface area contributed by atoms with E-state index >= 15 is 0 Å². The van der Waals surface area contributed by atoms with Crippen LogP contribution in [0.5, 0.6) is 0 Å². The van der Waals surface area contributed by atoms with E-state index in [0.29, 0.717) is 5.95 Å². The first kappa shape index (κ1) is 14.6. The molecule has 1 aliphatic heterocycles. The summed E-state index contributed by atoms with van der Waals surface area (Å²) in [7, 11) is 0. The number of nitrogens with one attached hydrogen (secondary N) is 1. The molecule has 1 aliphatic rings. The van der Waals surface area contributed by atoms with Gasteiger partial charge in [0.15, 0.2) is 0 Å². The average molecular weight is 324 g/mol. The second kappa shape index (κ2) is 5.59. The van der Waals surface area contributed by atoms with Crippen molar-refractivity contribution in [2.24, 2.45) is 0 Å². The predicted octanol–water partition coefficient (Wildman–Crippen LogP) is 3.00. The molecule has 1 atom stereocenters. The SMILES string of the molecule is CCn1ncc([C@@H]2C=C(c3ccc(F)cc3)Nc3ncnn32)c1C. The van der Waals surface area contributed by atoms with Gasteiger partial charge in [-0.2, -0.15) is 15.2 Å². The van der Waals surface area contributed by atoms with Gasteiger partial charge in [0.1, 0.15) is 18.2 Å². The van der Waals surface area contributed by atoms with Crippen LogP contribution in [0.2, 0.25) is 0 Å². The fourth-order valence-electron chi connectivity index (χ4n) is 3.02. The lowest BCUT2D eigenvalue weighted by Gasteiger charge is -2.24. The minimum absolute atomic E-state index is 0.107. The zero-order valence-corrected chi connectivity index (χ0v) is 13.4. The lowest BCUT2D eigenvalue weighted by molar-refractivity contribution is 0.600. The van der Waals surface area contributed by atoms with Gasteiger partial charge in [-0.1, -0.05) is 0 Å². The summed E-state index contributed by atoms with van der Waals surface area (Å²) < 4.78 is 17.0. The highest BCUT2D eigenvalue weighted by molar-refractivity contribution is 5.77. The highest BCUT2D eigenvalue weighted by Crippen LogP contribution is 2.33. The lowest BCUT2D eigenvalue weighted by atomic mass is 10.0. The Morgan fingerprint density at radius 2 is 2.00 bits per heavy atom. The van der Waals surface area contributed by atoms with Crippen LogP contribution < -0.4 is 5.32 Å². The highest BCUT2D eigenvalue weighted by atomic mass is 19.1. The number of fused-ring (bicyclic) bond motifs is 1. The smallest absolute Gasteiger partial charge is 0.226 e. The molecule has 2 aromatic heterocycles. The number of allylic oxidation sites excluding steroid dienone is 1. The summed E-state index contributed by atoms with van der Waals surface area (Å²) in [6.45, 7) is 4.93. The van der Waals surface area contributed by atoms with Gasteiger partial charge in [0.05, 0.1) is 6.20 Å². The number of halogens is 1. The molecule has 3 heterocycles. The van der Waals surface area contributed by atoms with E-state index in [2.05, 4.69) is 40.4 Å². The molecule has 0 radical (unpaired) electrons. The van der Waals surface area contributed by atoms with Crippen LogP contribution in [-0.2, 0) is 6.54 Å². The van der Waals surface area contributed by atoms with E-state index in [9.17, 15) is 4.39 Å². The summed E-state index contributed by atoms with van der Waals surface area (Å²) in [5, 5.41) is 12.0. The lowest BCUT2D eigenvalue weighted by Crippen LogP contribution is -2.20. The van der Waals surface area contributed by atoms with E-state index in [-0.39, 0.29) is 11.9 Å². The number of benzene rings is 1. The van der Waals surface area contributed by atoms with Gasteiger partial charge in [0.25, 0.3) is 0 Å². The zero-order valence-electron chi connectivity index (χ0n) is 13.4. The van der Waals surface area contributed by atoms with Gasteiger partial charge in [-0.25, -0.2) is 9.07 Å². The molecule has 0 saturated heterocycles. The number of anilines is 1. The molecule has 0 aliphatic carbocycles. The third-order valence-electron chi connectivity index (χ3n) is 4.32. The monoisotopic (exact) mass is 324 g/mol. The maximum atomic E-state index is 13.2. The van der Waals surface area contributed by atoms with Gasteiger partial charge >= 0.3 is 0 Å². The van der Waals surface area contributed by atoms with E-state index in [1.165, 1.54) is 18.5 Å². The summed E-state index contributed by atoms with van der Waals surface area (Å²) in [4.78, 5) is 4.28. The van der Waals surface area contributed by atoms with E-state index < -0.39 is 0 Å². The Labute approximate surface area is 138 Å². The van der Waals surface area contributed by atoms with Crippen molar-refractivity contribution in [2.75, 3.05) is 5.32 Å². The molecule has 0 saturated carbocycles. The van der Waals surface area contributed by atoms with Crippen LogP contribution in [0.25, 0.3) is 5.70 Å². The standard InChI is InChI=1S/C17H17FN6/c1-3-23-11(2)14(9-20-23)16-8-15(12-4-6-13(18)7-5-12)22-17-19-10-21-24(16)17/h4-10,16H,3H2,1-2H3,(H,19,21,22)/t16-/m0/s1. The summed E-state index contributed by atoms with van der Waals surface area (Å²) in [6.07, 6.45) is 5.47. The molecular weight excluding hydrogens is 307 g/mol. The molecule has 0 spiro atoms. The maximum absolute atomic E-state index is 13.2. The first-order valence-corrected chi connectivity index (χ1v) is 7.84. The Bertz CT molecular complexity index is 906. The number of nitrogens with zero attached hydrogens (tertiary/aromatic N) is 5. The van der Waals surface area contributed by atoms with Crippen LogP contribution in [0, 0.1) is 12.7 Å². The molecule has 3 aromatic rings. The molecule has 7 heteroatoms. The van der Waals surface area contributed by atoms with Crippen LogP contribution in [0.1, 0.15) is 29.8 Å². The highest BCUT2D eigenvalue weighted by Gasteiger charge is 2.26. The minimum Gasteiger partial charge on any atom is -0.324 e. The zero-order chi connectivity index (χ0) is 16.7. The van der Waals surface area contributed by atoms with Crippen molar-refractivity contribution in [1.29, 1.82) is 0 Å². The molecule has 0 bridgehead atoms. The number of aromatic nitrogens is 5. The number of hydrogen-bond donors (Lipinski definition) is 1. The fourth-order valence-corrected chi connectivity index (χ4v) is 3.02. The van der Waals surface area contributed by atoms with E-state index in [4.69, 9.17) is 0 Å². The maximum Gasteiger partial charge on any atom is 0.226 e. The van der Waals surface area contributed by atoms with Gasteiger partial charge < -0.3 is 5.32 Å². The van der Waals surface area contributed by atoms with Crippen molar-refractivity contribution < 1.29 is 4.39 Å². The Morgan fingerprint density at radius 1 is 1.21 bits per heavy atom. The molecular formula is C17H17FN6. The van der Waals surface area contributed by atoms with Gasteiger partial charge in [-0.05, 0) is 49.8 Å². The average Bonchev–Trinajstić information content (AvgIpc) is 3.21. The van der Waals surface area contributed by atoms with Crippen LogP contribution in [0.4, 0.5) is 10.3 Å². The van der Waals surface area contributed by atoms with Crippen molar-refractivity contribution in [3.05, 3.63) is 65.5 Å². The molecule has 0 unspecified atom stereocenters. The van der Waals surface area contributed by atoms with E-state index in [1.54, 1.807) is 12.1 Å². The summed E-state index contributed by atoms with van der Waals surface area (Å²) in [5.41, 5.74) is 3.95. The largest absolute Gasteiger partial charge is 0.324 e. The van der Waals surface area contributed by atoms with Crippen molar-refractivity contribution in [3.8, 4) is 0 Å². The number of rotatable bonds is 3. The minimum atomic E-state index is -0.255. The van der Waals surface area contributed by atoms with E-state index in [1.807, 2.05) is 15.6 Å². The second-order valence-electron chi connectivity index (χ2n) is 5.69. The van der Waals surface area contributed by atoms with Gasteiger partial charge in [-0.3, -0.25) is 4.68 Å². The molecule has 0 fully saturated rings. The van der Waals surface area contributed by atoms with Gasteiger partial charge in [0.2, 0.25) is 5.95 Å². The van der Waals surface area contributed by atoms with E-state index in [0.717, 1.165) is 29.1 Å². The van der Waals surface area contributed by atoms with Crippen molar-refractivity contribution >= 4 is 11.6 Å². The Kier molecular flexibility index (Phi) is 3.41. The Hall–Kier alpha value is -2.96. The third-order valence-corrected chi connectivity index (χ3v) is 4.32. The first-order chi connectivity index (χ1) is 11.7.